The Morgan fingerprint density at radius 1 is 1.33 bits per heavy atom. The van der Waals surface area contributed by atoms with Crippen LogP contribution < -0.4 is 4.72 Å². The van der Waals surface area contributed by atoms with E-state index >= 15 is 0 Å². The number of aryl methyl sites for hydroxylation is 1. The van der Waals surface area contributed by atoms with E-state index in [1.165, 1.54) is 12.1 Å². The molecule has 1 aliphatic heterocycles. The smallest absolute Gasteiger partial charge is 0.273 e. The molecule has 1 aromatic rings. The van der Waals surface area contributed by atoms with Crippen molar-refractivity contribution in [1.29, 1.82) is 0 Å². The Bertz CT molecular complexity index is 712. The van der Waals surface area contributed by atoms with Gasteiger partial charge in [-0.05, 0) is 26.8 Å². The van der Waals surface area contributed by atoms with Gasteiger partial charge < -0.3 is 4.74 Å². The molecule has 2 rings (SSSR count). The lowest BCUT2D eigenvalue weighted by Crippen LogP contribution is -2.55. The molecule has 0 aromatic heterocycles. The van der Waals surface area contributed by atoms with Crippen LogP contribution in [0.15, 0.2) is 23.1 Å². The molecule has 0 saturated carbocycles. The van der Waals surface area contributed by atoms with Gasteiger partial charge in [-0.3, -0.25) is 15.0 Å². The minimum Gasteiger partial charge on any atom is -0.379 e. The van der Waals surface area contributed by atoms with E-state index in [1.54, 1.807) is 6.92 Å². The van der Waals surface area contributed by atoms with Gasteiger partial charge in [-0.2, -0.15) is 0 Å². The summed E-state index contributed by atoms with van der Waals surface area (Å²) < 4.78 is 32.8. The Balaban J connectivity index is 2.13. The molecule has 0 amide bonds. The molecule has 9 heteroatoms. The Labute approximate surface area is 142 Å². The maximum absolute atomic E-state index is 12.5. The lowest BCUT2D eigenvalue weighted by atomic mass is 10.0. The molecule has 134 valence electrons. The lowest BCUT2D eigenvalue weighted by Gasteiger charge is -2.40. The Morgan fingerprint density at radius 2 is 1.96 bits per heavy atom. The van der Waals surface area contributed by atoms with Crippen LogP contribution >= 0.6 is 0 Å². The number of nitro benzene ring substituents is 1. The SMILES string of the molecule is Cc1ccc(S(=O)(=O)NCC(C)(C)N2CCOCC2)cc1[N+](=O)[O-]. The van der Waals surface area contributed by atoms with E-state index in [-0.39, 0.29) is 22.7 Å². The van der Waals surface area contributed by atoms with Gasteiger partial charge >= 0.3 is 0 Å². The summed E-state index contributed by atoms with van der Waals surface area (Å²) in [6, 6.07) is 3.92. The average Bonchev–Trinajstić information content (AvgIpc) is 2.54. The highest BCUT2D eigenvalue weighted by atomic mass is 32.2. The molecule has 1 saturated heterocycles. The molecule has 24 heavy (non-hydrogen) atoms. The molecule has 8 nitrogen and oxygen atoms in total. The van der Waals surface area contributed by atoms with Crippen molar-refractivity contribution in [2.45, 2.75) is 31.2 Å². The zero-order valence-corrected chi connectivity index (χ0v) is 14.9. The zero-order chi connectivity index (χ0) is 18.0. The van der Waals surface area contributed by atoms with Gasteiger partial charge in [0.25, 0.3) is 5.69 Å². The molecule has 1 fully saturated rings. The molecular formula is C15H23N3O5S. The van der Waals surface area contributed by atoms with Crippen LogP contribution in [0.4, 0.5) is 5.69 Å². The second kappa shape index (κ2) is 7.14. The van der Waals surface area contributed by atoms with Crippen molar-refractivity contribution in [3.05, 3.63) is 33.9 Å². The number of hydrogen-bond acceptors (Lipinski definition) is 6. The monoisotopic (exact) mass is 357 g/mol. The normalized spacial score (nSPS) is 17.0. The van der Waals surface area contributed by atoms with Crippen molar-refractivity contribution >= 4 is 15.7 Å². The van der Waals surface area contributed by atoms with E-state index in [1.807, 2.05) is 13.8 Å². The van der Waals surface area contributed by atoms with Crippen LogP contribution in [-0.4, -0.2) is 56.6 Å². The predicted octanol–water partition coefficient (Wildman–Crippen LogP) is 1.29. The maximum atomic E-state index is 12.5. The van der Waals surface area contributed by atoms with Gasteiger partial charge in [-0.15, -0.1) is 0 Å². The first-order valence-electron chi connectivity index (χ1n) is 7.71. The van der Waals surface area contributed by atoms with Crippen molar-refractivity contribution in [3.63, 3.8) is 0 Å². The van der Waals surface area contributed by atoms with Gasteiger partial charge in [0.15, 0.2) is 0 Å². The Hall–Kier alpha value is -1.55. The minimum absolute atomic E-state index is 0.0995. The second-order valence-electron chi connectivity index (χ2n) is 6.44. The molecule has 0 bridgehead atoms. The zero-order valence-electron chi connectivity index (χ0n) is 14.1. The van der Waals surface area contributed by atoms with Crippen LogP contribution in [0.2, 0.25) is 0 Å². The summed E-state index contributed by atoms with van der Waals surface area (Å²) in [5, 5.41) is 11.0. The highest BCUT2D eigenvalue weighted by molar-refractivity contribution is 7.89. The van der Waals surface area contributed by atoms with E-state index in [9.17, 15) is 18.5 Å². The Morgan fingerprint density at radius 3 is 2.54 bits per heavy atom. The molecule has 1 N–H and O–H groups in total. The molecule has 0 atom stereocenters. The predicted molar refractivity (Wildman–Crippen MR) is 89.5 cm³/mol. The summed E-state index contributed by atoms with van der Waals surface area (Å²) in [5.41, 5.74) is -0.161. The number of hydrogen-bond donors (Lipinski definition) is 1. The van der Waals surface area contributed by atoms with Crippen LogP contribution in [-0.2, 0) is 14.8 Å². The highest BCUT2D eigenvalue weighted by Crippen LogP contribution is 2.23. The first-order chi connectivity index (χ1) is 11.1. The highest BCUT2D eigenvalue weighted by Gasteiger charge is 2.30. The fourth-order valence-electron chi connectivity index (χ4n) is 2.59. The third kappa shape index (κ3) is 4.29. The summed E-state index contributed by atoms with van der Waals surface area (Å²) in [7, 11) is -3.82. The van der Waals surface area contributed by atoms with Crippen LogP contribution in [0.5, 0.6) is 0 Å². The fourth-order valence-corrected chi connectivity index (χ4v) is 3.81. The van der Waals surface area contributed by atoms with Gasteiger partial charge in [0.05, 0.1) is 23.0 Å². The number of nitro groups is 1. The summed E-state index contributed by atoms with van der Waals surface area (Å²) >= 11 is 0. The van der Waals surface area contributed by atoms with Crippen molar-refractivity contribution in [1.82, 2.24) is 9.62 Å². The summed E-state index contributed by atoms with van der Waals surface area (Å²) in [6.45, 7) is 8.42. The topological polar surface area (TPSA) is 102 Å². The minimum atomic E-state index is -3.82. The summed E-state index contributed by atoms with van der Waals surface area (Å²) in [5.74, 6) is 0. The number of morpholine rings is 1. The summed E-state index contributed by atoms with van der Waals surface area (Å²) in [6.07, 6.45) is 0. The average molecular weight is 357 g/mol. The number of benzene rings is 1. The van der Waals surface area contributed by atoms with Gasteiger partial charge in [-0.1, -0.05) is 6.07 Å². The lowest BCUT2D eigenvalue weighted by molar-refractivity contribution is -0.385. The van der Waals surface area contributed by atoms with E-state index in [0.717, 1.165) is 19.2 Å². The maximum Gasteiger partial charge on any atom is 0.273 e. The van der Waals surface area contributed by atoms with Crippen molar-refractivity contribution in [2.24, 2.45) is 0 Å². The number of nitrogens with zero attached hydrogens (tertiary/aromatic N) is 2. The molecule has 0 radical (unpaired) electrons. The van der Waals surface area contributed by atoms with Crippen LogP contribution in [0.1, 0.15) is 19.4 Å². The number of nitrogens with one attached hydrogen (secondary N) is 1. The standard InChI is InChI=1S/C15H23N3O5S/c1-12-4-5-13(10-14(12)18(19)20)24(21,22)16-11-15(2,3)17-6-8-23-9-7-17/h4-5,10,16H,6-9,11H2,1-3H3. The van der Waals surface area contributed by atoms with Crippen LogP contribution in [0, 0.1) is 17.0 Å². The van der Waals surface area contributed by atoms with Gasteiger partial charge in [0, 0.05) is 36.8 Å². The molecule has 1 heterocycles. The second-order valence-corrected chi connectivity index (χ2v) is 8.21. The molecule has 1 aromatic carbocycles. The first kappa shape index (κ1) is 18.8. The summed E-state index contributed by atoms with van der Waals surface area (Å²) in [4.78, 5) is 12.5. The fraction of sp³-hybridized carbons (Fsp3) is 0.600. The Kier molecular flexibility index (Phi) is 5.59. The number of ether oxygens (including phenoxy) is 1. The number of rotatable bonds is 6. The van der Waals surface area contributed by atoms with Crippen molar-refractivity contribution < 1.29 is 18.1 Å². The molecule has 0 unspecified atom stereocenters. The molecule has 0 spiro atoms. The molecular weight excluding hydrogens is 334 g/mol. The number of sulfonamides is 1. The third-order valence-corrected chi connectivity index (χ3v) is 5.65. The quantitative estimate of drug-likeness (QED) is 0.608. The van der Waals surface area contributed by atoms with Gasteiger partial charge in [0.2, 0.25) is 10.0 Å². The molecule has 0 aliphatic carbocycles. The van der Waals surface area contributed by atoms with Crippen molar-refractivity contribution in [2.75, 3.05) is 32.8 Å². The van der Waals surface area contributed by atoms with Crippen LogP contribution in [0.25, 0.3) is 0 Å². The van der Waals surface area contributed by atoms with Gasteiger partial charge in [0.1, 0.15) is 0 Å². The largest absolute Gasteiger partial charge is 0.379 e. The van der Waals surface area contributed by atoms with Gasteiger partial charge in [-0.25, -0.2) is 13.1 Å². The first-order valence-corrected chi connectivity index (χ1v) is 9.19. The van der Waals surface area contributed by atoms with E-state index < -0.39 is 14.9 Å². The third-order valence-electron chi connectivity index (χ3n) is 4.25. The van der Waals surface area contributed by atoms with Crippen LogP contribution in [0.3, 0.4) is 0 Å². The van der Waals surface area contributed by atoms with Crippen molar-refractivity contribution in [3.8, 4) is 0 Å². The van der Waals surface area contributed by atoms with E-state index in [0.29, 0.717) is 18.8 Å². The molecule has 1 aliphatic rings. The van der Waals surface area contributed by atoms with E-state index in [4.69, 9.17) is 4.74 Å². The van der Waals surface area contributed by atoms with E-state index in [2.05, 4.69) is 9.62 Å².